The predicted molar refractivity (Wildman–Crippen MR) is 159 cm³/mol. The van der Waals surface area contributed by atoms with E-state index in [1.165, 1.54) is 5.56 Å². The van der Waals surface area contributed by atoms with Crippen molar-refractivity contribution in [2.45, 2.75) is 19.8 Å². The summed E-state index contributed by atoms with van der Waals surface area (Å²) >= 11 is 1.58. The molecule has 0 spiro atoms. The molecule has 40 heavy (non-hydrogen) atoms. The predicted octanol–water partition coefficient (Wildman–Crippen LogP) is 7.41. The first-order valence-corrected chi connectivity index (χ1v) is 14.0. The van der Waals surface area contributed by atoms with Crippen molar-refractivity contribution in [3.05, 3.63) is 95.8 Å². The van der Waals surface area contributed by atoms with Gasteiger partial charge in [-0.2, -0.15) is 0 Å². The van der Waals surface area contributed by atoms with Crippen LogP contribution in [0.1, 0.15) is 17.7 Å². The Hall–Kier alpha value is -4.89. The van der Waals surface area contributed by atoms with Crippen LogP contribution in [0.5, 0.6) is 11.6 Å². The summed E-state index contributed by atoms with van der Waals surface area (Å²) in [6.07, 6.45) is 5.63. The third-order valence-electron chi connectivity index (χ3n) is 6.85. The molecule has 8 nitrogen and oxygen atoms in total. The van der Waals surface area contributed by atoms with Gasteiger partial charge < -0.3 is 15.4 Å². The standard InChI is InChI=1S/C31H25N7OS/c1-19-18-40-31(35-19)27-23-6-2-3-7-25(23)29(38-37-27)36-20-10-12-21(13-11-20)39-30-26(9-5-16-34-30)22-14-17-33-28-24(22)8-4-15-32-28/h2-3,5-7,9-14,16-18H,4,8,15H2,1H3,(H,32,33)(H,36,38). The average molecular weight is 544 g/mol. The van der Waals surface area contributed by atoms with Gasteiger partial charge in [0.05, 0.1) is 0 Å². The Balaban J connectivity index is 1.15. The van der Waals surface area contributed by atoms with Crippen LogP contribution in [-0.4, -0.2) is 31.7 Å². The molecule has 5 heterocycles. The molecule has 0 saturated heterocycles. The van der Waals surface area contributed by atoms with E-state index >= 15 is 0 Å². The van der Waals surface area contributed by atoms with Crippen LogP contribution in [0, 0.1) is 6.92 Å². The lowest BCUT2D eigenvalue weighted by atomic mass is 9.96. The highest BCUT2D eigenvalue weighted by Gasteiger charge is 2.19. The summed E-state index contributed by atoms with van der Waals surface area (Å²) in [5.41, 5.74) is 5.89. The number of aromatic nitrogens is 5. The summed E-state index contributed by atoms with van der Waals surface area (Å²) in [7, 11) is 0. The second kappa shape index (κ2) is 10.3. The molecule has 0 unspecified atom stereocenters. The molecule has 6 aromatic rings. The molecule has 196 valence electrons. The molecule has 0 aliphatic carbocycles. The molecule has 0 amide bonds. The minimum Gasteiger partial charge on any atom is -0.438 e. The van der Waals surface area contributed by atoms with Crippen molar-refractivity contribution in [2.75, 3.05) is 17.2 Å². The quantitative estimate of drug-likeness (QED) is 0.224. The second-order valence-electron chi connectivity index (χ2n) is 9.56. The minimum absolute atomic E-state index is 0.562. The molecule has 0 radical (unpaired) electrons. The van der Waals surface area contributed by atoms with Crippen molar-refractivity contribution in [2.24, 2.45) is 0 Å². The SMILES string of the molecule is Cc1csc(-c2nnc(Nc3ccc(Oc4ncccc4-c4ccnc5c4CCCN5)cc3)c3ccccc23)n1. The van der Waals surface area contributed by atoms with E-state index in [0.29, 0.717) is 17.4 Å². The number of thiazole rings is 1. The molecule has 2 aromatic carbocycles. The number of ether oxygens (including phenoxy) is 1. The summed E-state index contributed by atoms with van der Waals surface area (Å²) in [4.78, 5) is 13.7. The maximum absolute atomic E-state index is 6.28. The number of nitrogens with one attached hydrogen (secondary N) is 2. The normalized spacial score (nSPS) is 12.5. The van der Waals surface area contributed by atoms with Crippen LogP contribution >= 0.6 is 11.3 Å². The van der Waals surface area contributed by atoms with Crippen LogP contribution in [0.25, 0.3) is 32.6 Å². The molecule has 7 rings (SSSR count). The van der Waals surface area contributed by atoms with E-state index in [2.05, 4.69) is 41.8 Å². The Kier molecular flexibility index (Phi) is 6.25. The Morgan fingerprint density at radius 1 is 0.875 bits per heavy atom. The zero-order valence-electron chi connectivity index (χ0n) is 21.8. The molecule has 0 bridgehead atoms. The second-order valence-corrected chi connectivity index (χ2v) is 10.4. The topological polar surface area (TPSA) is 97.7 Å². The van der Waals surface area contributed by atoms with E-state index in [0.717, 1.165) is 69.2 Å². The molecule has 1 aliphatic heterocycles. The van der Waals surface area contributed by atoms with Gasteiger partial charge in [-0.25, -0.2) is 15.0 Å². The first kappa shape index (κ1) is 24.2. The Morgan fingerprint density at radius 2 is 1.75 bits per heavy atom. The van der Waals surface area contributed by atoms with Crippen molar-refractivity contribution in [1.82, 2.24) is 25.1 Å². The monoisotopic (exact) mass is 543 g/mol. The molecule has 9 heteroatoms. The number of anilines is 3. The lowest BCUT2D eigenvalue weighted by Gasteiger charge is -2.20. The Morgan fingerprint density at radius 3 is 2.60 bits per heavy atom. The van der Waals surface area contributed by atoms with Crippen LogP contribution in [0.3, 0.4) is 0 Å². The first-order valence-electron chi connectivity index (χ1n) is 13.1. The van der Waals surface area contributed by atoms with Crippen LogP contribution < -0.4 is 15.4 Å². The number of aryl methyl sites for hydroxylation is 1. The fourth-order valence-electron chi connectivity index (χ4n) is 4.97. The van der Waals surface area contributed by atoms with E-state index in [4.69, 9.17) is 4.74 Å². The Labute approximate surface area is 235 Å². The third-order valence-corrected chi connectivity index (χ3v) is 7.82. The molecular weight excluding hydrogens is 518 g/mol. The summed E-state index contributed by atoms with van der Waals surface area (Å²) in [5.74, 6) is 2.88. The van der Waals surface area contributed by atoms with Gasteiger partial charge in [0.15, 0.2) is 5.82 Å². The maximum atomic E-state index is 6.28. The fourth-order valence-corrected chi connectivity index (χ4v) is 5.76. The van der Waals surface area contributed by atoms with E-state index in [1.807, 2.05) is 79.2 Å². The fraction of sp³-hybridized carbons (Fsp3) is 0.129. The first-order chi connectivity index (χ1) is 19.7. The Bertz CT molecular complexity index is 1830. The van der Waals surface area contributed by atoms with Crippen molar-refractivity contribution in [1.29, 1.82) is 0 Å². The van der Waals surface area contributed by atoms with Crippen LogP contribution in [0.4, 0.5) is 17.3 Å². The average Bonchev–Trinajstić information content (AvgIpc) is 3.44. The van der Waals surface area contributed by atoms with Gasteiger partial charge in [-0.1, -0.05) is 24.3 Å². The number of benzene rings is 2. The van der Waals surface area contributed by atoms with Crippen LogP contribution in [-0.2, 0) is 6.42 Å². The van der Waals surface area contributed by atoms with Gasteiger partial charge in [-0.15, -0.1) is 21.5 Å². The van der Waals surface area contributed by atoms with Gasteiger partial charge in [-0.05, 0) is 67.8 Å². The van der Waals surface area contributed by atoms with Crippen molar-refractivity contribution < 1.29 is 4.74 Å². The van der Waals surface area contributed by atoms with Crippen molar-refractivity contribution in [3.8, 4) is 33.5 Å². The van der Waals surface area contributed by atoms with E-state index < -0.39 is 0 Å². The highest BCUT2D eigenvalue weighted by molar-refractivity contribution is 7.13. The summed E-state index contributed by atoms with van der Waals surface area (Å²) in [6, 6.07) is 21.9. The number of hydrogen-bond donors (Lipinski definition) is 2. The molecule has 1 aliphatic rings. The molecule has 4 aromatic heterocycles. The number of fused-ring (bicyclic) bond motifs is 2. The van der Waals surface area contributed by atoms with Gasteiger partial charge in [0.1, 0.15) is 22.3 Å². The summed E-state index contributed by atoms with van der Waals surface area (Å²) < 4.78 is 6.28. The number of pyridine rings is 2. The van der Waals surface area contributed by atoms with E-state index in [-0.39, 0.29) is 0 Å². The molecule has 2 N–H and O–H groups in total. The number of nitrogens with zero attached hydrogens (tertiary/aromatic N) is 5. The molecule has 0 fully saturated rings. The molecule has 0 atom stereocenters. The van der Waals surface area contributed by atoms with Gasteiger partial charge >= 0.3 is 0 Å². The highest BCUT2D eigenvalue weighted by Crippen LogP contribution is 2.37. The molecule has 0 saturated carbocycles. The molecular formula is C31H25N7OS. The van der Waals surface area contributed by atoms with Gasteiger partial charge in [0.25, 0.3) is 0 Å². The van der Waals surface area contributed by atoms with Gasteiger partial charge in [0.2, 0.25) is 5.88 Å². The van der Waals surface area contributed by atoms with Crippen LogP contribution in [0.15, 0.2) is 84.5 Å². The number of rotatable bonds is 6. The van der Waals surface area contributed by atoms with E-state index in [1.54, 1.807) is 17.5 Å². The third kappa shape index (κ3) is 4.60. The smallest absolute Gasteiger partial charge is 0.227 e. The summed E-state index contributed by atoms with van der Waals surface area (Å²) in [6.45, 7) is 2.93. The van der Waals surface area contributed by atoms with Crippen LogP contribution in [0.2, 0.25) is 0 Å². The van der Waals surface area contributed by atoms with Gasteiger partial charge in [-0.3, -0.25) is 0 Å². The summed E-state index contributed by atoms with van der Waals surface area (Å²) in [5, 5.41) is 20.7. The lowest BCUT2D eigenvalue weighted by Crippen LogP contribution is -2.14. The lowest BCUT2D eigenvalue weighted by molar-refractivity contribution is 0.465. The van der Waals surface area contributed by atoms with E-state index in [9.17, 15) is 0 Å². The zero-order chi connectivity index (χ0) is 26.9. The van der Waals surface area contributed by atoms with Crippen molar-refractivity contribution >= 4 is 39.4 Å². The van der Waals surface area contributed by atoms with Crippen molar-refractivity contribution in [3.63, 3.8) is 0 Å². The maximum Gasteiger partial charge on any atom is 0.227 e. The zero-order valence-corrected chi connectivity index (χ0v) is 22.6. The minimum atomic E-state index is 0.562. The largest absolute Gasteiger partial charge is 0.438 e. The van der Waals surface area contributed by atoms with Gasteiger partial charge in [0, 0.05) is 57.6 Å². The highest BCUT2D eigenvalue weighted by atomic mass is 32.1. The number of hydrogen-bond acceptors (Lipinski definition) is 9.